The molecule has 6 nitrogen and oxygen atoms in total. The Balaban J connectivity index is 2.55. The number of hydrogen-bond donors (Lipinski definition) is 0. The van der Waals surface area contributed by atoms with Crippen LogP contribution < -0.4 is 11.2 Å². The zero-order valence-corrected chi connectivity index (χ0v) is 15.8. The quantitative estimate of drug-likeness (QED) is 0.567. The molecule has 2 aromatic rings. The molecule has 150 valence electrons. The molecule has 0 saturated carbocycles. The number of nitrogens with zero attached hydrogens (tertiary/aromatic N) is 2. The van der Waals surface area contributed by atoms with Gasteiger partial charge >= 0.3 is 17.8 Å². The first kappa shape index (κ1) is 21.5. The van der Waals surface area contributed by atoms with Gasteiger partial charge in [0.1, 0.15) is 5.69 Å². The van der Waals surface area contributed by atoms with Gasteiger partial charge in [-0.3, -0.25) is 9.36 Å². The highest BCUT2D eigenvalue weighted by Gasteiger charge is 2.35. The van der Waals surface area contributed by atoms with Gasteiger partial charge in [-0.05, 0) is 43.7 Å². The molecule has 2 rings (SSSR count). The Morgan fingerprint density at radius 2 is 1.86 bits per heavy atom. The van der Waals surface area contributed by atoms with Gasteiger partial charge < -0.3 is 4.74 Å². The van der Waals surface area contributed by atoms with Crippen LogP contribution in [0.25, 0.3) is 11.8 Å². The number of halogens is 4. The number of rotatable bonds is 4. The number of benzene rings is 1. The number of aromatic nitrogens is 2. The van der Waals surface area contributed by atoms with E-state index in [2.05, 4.69) is 0 Å². The number of carbonyl (C=O) groups excluding carboxylic acids is 1. The Morgan fingerprint density at radius 3 is 2.43 bits per heavy atom. The van der Waals surface area contributed by atoms with Crippen molar-refractivity contribution in [3.05, 3.63) is 67.5 Å². The third-order valence-corrected chi connectivity index (χ3v) is 3.94. The molecular weight excluding hydrogens is 401 g/mol. The van der Waals surface area contributed by atoms with Crippen molar-refractivity contribution >= 4 is 23.6 Å². The van der Waals surface area contributed by atoms with Gasteiger partial charge in [-0.25, -0.2) is 14.2 Å². The van der Waals surface area contributed by atoms with Crippen LogP contribution >= 0.6 is 11.6 Å². The van der Waals surface area contributed by atoms with Gasteiger partial charge in [-0.15, -0.1) is 0 Å². The third-order valence-electron chi connectivity index (χ3n) is 3.60. The molecule has 0 atom stereocenters. The lowest BCUT2D eigenvalue weighted by atomic mass is 10.2. The number of alkyl halides is 3. The summed E-state index contributed by atoms with van der Waals surface area (Å²) in [6.07, 6.45) is -2.75. The van der Waals surface area contributed by atoms with Crippen molar-refractivity contribution in [1.29, 1.82) is 0 Å². The fraction of sp³-hybridized carbons (Fsp3) is 0.278. The minimum Gasteiger partial charge on any atom is -0.460 e. The van der Waals surface area contributed by atoms with Gasteiger partial charge in [-0.2, -0.15) is 13.2 Å². The van der Waals surface area contributed by atoms with E-state index in [4.69, 9.17) is 16.3 Å². The van der Waals surface area contributed by atoms with Crippen LogP contribution in [0, 0.1) is 0 Å². The summed E-state index contributed by atoms with van der Waals surface area (Å²) >= 11 is 6.05. The van der Waals surface area contributed by atoms with Crippen LogP contribution in [-0.4, -0.2) is 21.2 Å². The standard InChI is InChI=1S/C18H16ClF3N2O4/c1-10(2)28-16(26)7-4-11-8-12(5-6-13(11)19)24-15(25)9-14(18(20,21)22)23(3)17(24)27/h4-10H,1-3H3. The van der Waals surface area contributed by atoms with Crippen molar-refractivity contribution in [1.82, 2.24) is 9.13 Å². The Labute approximate surface area is 162 Å². The first-order valence-corrected chi connectivity index (χ1v) is 8.38. The van der Waals surface area contributed by atoms with Crippen molar-refractivity contribution in [3.8, 4) is 5.69 Å². The average Bonchev–Trinajstić information content (AvgIpc) is 2.56. The summed E-state index contributed by atoms with van der Waals surface area (Å²) in [4.78, 5) is 36.1. The molecule has 1 heterocycles. The molecule has 0 N–H and O–H groups in total. The molecule has 0 aliphatic heterocycles. The summed E-state index contributed by atoms with van der Waals surface area (Å²) in [5, 5.41) is 0.203. The van der Waals surface area contributed by atoms with Gasteiger partial charge in [0.15, 0.2) is 0 Å². The van der Waals surface area contributed by atoms with Crippen LogP contribution in [0.5, 0.6) is 0 Å². The van der Waals surface area contributed by atoms with Crippen molar-refractivity contribution in [2.45, 2.75) is 26.1 Å². The SMILES string of the molecule is CC(C)OC(=O)C=Cc1cc(-n2c(=O)cc(C(F)(F)F)n(C)c2=O)ccc1Cl. The molecular formula is C18H16ClF3N2O4. The maximum absolute atomic E-state index is 12.9. The summed E-state index contributed by atoms with van der Waals surface area (Å²) in [6.45, 7) is 3.35. The topological polar surface area (TPSA) is 70.3 Å². The number of esters is 1. The molecule has 0 aliphatic rings. The van der Waals surface area contributed by atoms with Crippen LogP contribution in [0.3, 0.4) is 0 Å². The molecule has 1 aromatic carbocycles. The summed E-state index contributed by atoms with van der Waals surface area (Å²) in [6, 6.07) is 4.30. The molecule has 0 unspecified atom stereocenters. The normalized spacial score (nSPS) is 12.0. The lowest BCUT2D eigenvalue weighted by Gasteiger charge is -2.14. The van der Waals surface area contributed by atoms with Gasteiger partial charge in [0.05, 0.1) is 11.8 Å². The molecule has 0 amide bonds. The molecule has 0 aliphatic carbocycles. The van der Waals surface area contributed by atoms with Gasteiger partial charge in [0.2, 0.25) is 0 Å². The van der Waals surface area contributed by atoms with E-state index >= 15 is 0 Å². The van der Waals surface area contributed by atoms with E-state index < -0.39 is 29.1 Å². The van der Waals surface area contributed by atoms with Gasteiger partial charge in [-0.1, -0.05) is 11.6 Å². The highest BCUT2D eigenvalue weighted by atomic mass is 35.5. The zero-order chi connectivity index (χ0) is 21.2. The van der Waals surface area contributed by atoms with Crippen molar-refractivity contribution in [2.24, 2.45) is 7.05 Å². The summed E-state index contributed by atoms with van der Waals surface area (Å²) < 4.78 is 44.7. The van der Waals surface area contributed by atoms with Crippen LogP contribution in [0.1, 0.15) is 25.1 Å². The predicted octanol–water partition coefficient (Wildman–Crippen LogP) is 3.17. The van der Waals surface area contributed by atoms with E-state index in [0.29, 0.717) is 15.2 Å². The van der Waals surface area contributed by atoms with Crippen LogP contribution in [0.2, 0.25) is 5.02 Å². The summed E-state index contributed by atoms with van der Waals surface area (Å²) in [7, 11) is 0.916. The Hall–Kier alpha value is -2.81. The molecule has 10 heteroatoms. The second kappa shape index (κ2) is 8.05. The van der Waals surface area contributed by atoms with Gasteiger partial charge in [0, 0.05) is 24.2 Å². The first-order chi connectivity index (χ1) is 12.9. The number of hydrogen-bond acceptors (Lipinski definition) is 4. The highest BCUT2D eigenvalue weighted by Crippen LogP contribution is 2.27. The number of carbonyl (C=O) groups is 1. The third kappa shape index (κ3) is 4.72. The Bertz CT molecular complexity index is 1050. The summed E-state index contributed by atoms with van der Waals surface area (Å²) in [5.41, 5.74) is -3.40. The highest BCUT2D eigenvalue weighted by molar-refractivity contribution is 6.32. The predicted molar refractivity (Wildman–Crippen MR) is 97.6 cm³/mol. The molecule has 0 spiro atoms. The van der Waals surface area contributed by atoms with E-state index in [9.17, 15) is 27.6 Å². The van der Waals surface area contributed by atoms with Crippen molar-refractivity contribution in [3.63, 3.8) is 0 Å². The second-order valence-corrected chi connectivity index (χ2v) is 6.47. The van der Waals surface area contributed by atoms with Crippen LogP contribution in [0.4, 0.5) is 13.2 Å². The second-order valence-electron chi connectivity index (χ2n) is 6.07. The van der Waals surface area contributed by atoms with Crippen LogP contribution in [-0.2, 0) is 22.8 Å². The maximum Gasteiger partial charge on any atom is 0.431 e. The zero-order valence-electron chi connectivity index (χ0n) is 15.1. The van der Waals surface area contributed by atoms with E-state index in [1.54, 1.807) is 13.8 Å². The van der Waals surface area contributed by atoms with E-state index in [-0.39, 0.29) is 22.4 Å². The van der Waals surface area contributed by atoms with Crippen molar-refractivity contribution < 1.29 is 22.7 Å². The largest absolute Gasteiger partial charge is 0.460 e. The van der Waals surface area contributed by atoms with Gasteiger partial charge in [0.25, 0.3) is 5.56 Å². The van der Waals surface area contributed by atoms with E-state index in [0.717, 1.165) is 13.1 Å². The smallest absolute Gasteiger partial charge is 0.431 e. The Morgan fingerprint density at radius 1 is 1.21 bits per heavy atom. The van der Waals surface area contributed by atoms with E-state index in [1.807, 2.05) is 0 Å². The lowest BCUT2D eigenvalue weighted by molar-refractivity contribution is -0.144. The fourth-order valence-electron chi connectivity index (χ4n) is 2.36. The minimum atomic E-state index is -4.85. The Kier molecular flexibility index (Phi) is 6.18. The molecule has 1 aromatic heterocycles. The minimum absolute atomic E-state index is 0.000557. The van der Waals surface area contributed by atoms with Crippen LogP contribution in [0.15, 0.2) is 39.9 Å². The lowest BCUT2D eigenvalue weighted by Crippen LogP contribution is -2.40. The molecule has 28 heavy (non-hydrogen) atoms. The molecule has 0 bridgehead atoms. The monoisotopic (exact) mass is 416 g/mol. The van der Waals surface area contributed by atoms with E-state index in [1.165, 1.54) is 24.3 Å². The summed E-state index contributed by atoms with van der Waals surface area (Å²) in [5.74, 6) is -0.626. The van der Waals surface area contributed by atoms with Crippen molar-refractivity contribution in [2.75, 3.05) is 0 Å². The average molecular weight is 417 g/mol. The molecule has 0 fully saturated rings. The first-order valence-electron chi connectivity index (χ1n) is 8.00. The molecule has 0 radical (unpaired) electrons. The maximum atomic E-state index is 12.9. The fourth-order valence-corrected chi connectivity index (χ4v) is 2.54. The molecule has 0 saturated heterocycles. The number of ether oxygens (including phenoxy) is 1.